The Morgan fingerprint density at radius 3 is 2.87 bits per heavy atom. The SMILES string of the molecule is CCc1nnc2sc(Cc3ccc(CNC(=O)C4/C=C\CC/C=N\CC4)cc3)nn12. The third kappa shape index (κ3) is 4.99. The second-order valence-corrected chi connectivity index (χ2v) is 8.40. The van der Waals surface area contributed by atoms with E-state index in [1.54, 1.807) is 11.3 Å². The summed E-state index contributed by atoms with van der Waals surface area (Å²) in [6.07, 6.45) is 10.3. The Bertz CT molecular complexity index is 1050. The molecule has 1 aliphatic rings. The average molecular weight is 423 g/mol. The lowest BCUT2D eigenvalue weighted by Crippen LogP contribution is -2.29. The van der Waals surface area contributed by atoms with E-state index in [9.17, 15) is 4.79 Å². The molecule has 0 aliphatic carbocycles. The van der Waals surface area contributed by atoms with Crippen LogP contribution in [-0.2, 0) is 24.2 Å². The first kappa shape index (κ1) is 20.4. The molecule has 1 aliphatic heterocycles. The van der Waals surface area contributed by atoms with Gasteiger partial charge in [0.05, 0.1) is 5.92 Å². The molecule has 156 valence electrons. The van der Waals surface area contributed by atoms with E-state index >= 15 is 0 Å². The molecule has 1 atom stereocenters. The Hall–Kier alpha value is -2.87. The number of fused-ring (bicyclic) bond motifs is 1. The molecule has 30 heavy (non-hydrogen) atoms. The fraction of sp³-hybridized carbons (Fsp3) is 0.409. The molecule has 8 heteroatoms. The number of aryl methyl sites for hydroxylation is 1. The third-order valence-corrected chi connectivity index (χ3v) is 6.02. The maximum atomic E-state index is 12.5. The predicted molar refractivity (Wildman–Crippen MR) is 119 cm³/mol. The summed E-state index contributed by atoms with van der Waals surface area (Å²) in [6, 6.07) is 8.33. The Morgan fingerprint density at radius 2 is 2.03 bits per heavy atom. The normalized spacial score (nSPS) is 19.0. The van der Waals surface area contributed by atoms with E-state index in [4.69, 9.17) is 0 Å². The van der Waals surface area contributed by atoms with Crippen LogP contribution in [0.4, 0.5) is 0 Å². The van der Waals surface area contributed by atoms with Crippen LogP contribution in [0.3, 0.4) is 0 Å². The number of hydrogen-bond acceptors (Lipinski definition) is 6. The van der Waals surface area contributed by atoms with Crippen molar-refractivity contribution in [3.63, 3.8) is 0 Å². The van der Waals surface area contributed by atoms with Gasteiger partial charge in [-0.05, 0) is 36.6 Å². The van der Waals surface area contributed by atoms with E-state index in [2.05, 4.69) is 62.9 Å². The monoisotopic (exact) mass is 422 g/mol. The van der Waals surface area contributed by atoms with Crippen molar-refractivity contribution in [1.82, 2.24) is 25.1 Å². The number of carbonyl (C=O) groups is 1. The van der Waals surface area contributed by atoms with E-state index in [0.29, 0.717) is 13.1 Å². The van der Waals surface area contributed by atoms with E-state index in [-0.39, 0.29) is 11.8 Å². The van der Waals surface area contributed by atoms with Crippen LogP contribution in [0.5, 0.6) is 0 Å². The first-order valence-electron chi connectivity index (χ1n) is 10.4. The third-order valence-electron chi connectivity index (χ3n) is 5.12. The summed E-state index contributed by atoms with van der Waals surface area (Å²) >= 11 is 1.57. The number of nitrogens with zero attached hydrogens (tertiary/aromatic N) is 5. The molecule has 1 amide bonds. The quantitative estimate of drug-likeness (QED) is 0.617. The summed E-state index contributed by atoms with van der Waals surface area (Å²) in [7, 11) is 0. The fourth-order valence-corrected chi connectivity index (χ4v) is 4.29. The van der Waals surface area contributed by atoms with Crippen LogP contribution in [-0.4, -0.2) is 38.5 Å². The minimum Gasteiger partial charge on any atom is -0.352 e. The second-order valence-electron chi connectivity index (χ2n) is 7.36. The first-order valence-corrected chi connectivity index (χ1v) is 11.2. The van der Waals surface area contributed by atoms with Gasteiger partial charge in [-0.3, -0.25) is 9.79 Å². The summed E-state index contributed by atoms with van der Waals surface area (Å²) in [6.45, 7) is 3.29. The van der Waals surface area contributed by atoms with E-state index in [0.717, 1.165) is 53.5 Å². The van der Waals surface area contributed by atoms with Crippen molar-refractivity contribution < 1.29 is 4.79 Å². The molecule has 2 aromatic heterocycles. The van der Waals surface area contributed by atoms with E-state index in [1.807, 2.05) is 16.8 Å². The smallest absolute Gasteiger partial charge is 0.234 e. The highest BCUT2D eigenvalue weighted by Gasteiger charge is 2.15. The van der Waals surface area contributed by atoms with Crippen molar-refractivity contribution in [2.24, 2.45) is 10.9 Å². The minimum absolute atomic E-state index is 0.0684. The summed E-state index contributed by atoms with van der Waals surface area (Å²) in [5.41, 5.74) is 2.27. The van der Waals surface area contributed by atoms with Crippen LogP contribution in [0.2, 0.25) is 0 Å². The van der Waals surface area contributed by atoms with Crippen molar-refractivity contribution in [2.75, 3.05) is 6.54 Å². The molecular weight excluding hydrogens is 396 g/mol. The molecule has 4 rings (SSSR count). The van der Waals surface area contributed by atoms with Crippen molar-refractivity contribution >= 4 is 28.4 Å². The zero-order valence-electron chi connectivity index (χ0n) is 17.1. The van der Waals surface area contributed by atoms with Crippen LogP contribution in [0.15, 0.2) is 41.4 Å². The van der Waals surface area contributed by atoms with Crippen LogP contribution in [0.1, 0.15) is 48.1 Å². The summed E-state index contributed by atoms with van der Waals surface area (Å²) in [5.74, 6) is 0.852. The Morgan fingerprint density at radius 1 is 1.20 bits per heavy atom. The molecule has 0 spiro atoms. The lowest BCUT2D eigenvalue weighted by atomic mass is 10.0. The predicted octanol–water partition coefficient (Wildman–Crippen LogP) is 3.38. The average Bonchev–Trinajstić information content (AvgIpc) is 3.36. The molecule has 0 radical (unpaired) electrons. The molecule has 0 saturated heterocycles. The molecule has 0 bridgehead atoms. The van der Waals surface area contributed by atoms with Gasteiger partial charge in [-0.15, -0.1) is 10.2 Å². The number of aliphatic imine (C=N–C) groups is 1. The first-order chi connectivity index (χ1) is 14.7. The number of aromatic nitrogens is 4. The number of amides is 1. The van der Waals surface area contributed by atoms with Crippen LogP contribution in [0, 0.1) is 5.92 Å². The van der Waals surface area contributed by atoms with Crippen molar-refractivity contribution in [1.29, 1.82) is 0 Å². The Kier molecular flexibility index (Phi) is 6.63. The second kappa shape index (κ2) is 9.75. The van der Waals surface area contributed by atoms with Crippen molar-refractivity contribution in [2.45, 2.75) is 45.6 Å². The molecule has 3 heterocycles. The largest absolute Gasteiger partial charge is 0.352 e. The molecule has 0 saturated carbocycles. The lowest BCUT2D eigenvalue weighted by molar-refractivity contribution is -0.123. The van der Waals surface area contributed by atoms with Gasteiger partial charge in [0.25, 0.3) is 0 Å². The zero-order valence-corrected chi connectivity index (χ0v) is 17.9. The molecule has 0 fully saturated rings. The zero-order chi connectivity index (χ0) is 20.8. The van der Waals surface area contributed by atoms with Crippen LogP contribution < -0.4 is 5.32 Å². The van der Waals surface area contributed by atoms with Crippen molar-refractivity contribution in [3.05, 3.63) is 58.4 Å². The maximum absolute atomic E-state index is 12.5. The fourth-order valence-electron chi connectivity index (χ4n) is 3.40. The molecule has 1 N–H and O–H groups in total. The van der Waals surface area contributed by atoms with Gasteiger partial charge in [-0.1, -0.05) is 54.7 Å². The molecular formula is C22H26N6OS. The number of allylic oxidation sites excluding steroid dienone is 1. The Labute approximate surface area is 179 Å². The number of hydrogen-bond donors (Lipinski definition) is 1. The Balaban J connectivity index is 1.32. The standard InChI is InChI=1S/C22H26N6OS/c1-2-19-25-26-22-28(19)27-20(30-22)14-16-7-9-17(10-8-16)15-24-21(29)18-6-4-3-5-12-23-13-11-18/h4,6-10,12,18H,2-3,5,11,13-15H2,1H3,(H,24,29)/b6-4-,23-12-. The summed E-state index contributed by atoms with van der Waals surface area (Å²) in [5, 5.41) is 17.0. The molecule has 3 aromatic rings. The highest BCUT2D eigenvalue weighted by molar-refractivity contribution is 7.16. The van der Waals surface area contributed by atoms with E-state index < -0.39 is 0 Å². The van der Waals surface area contributed by atoms with Gasteiger partial charge in [0.2, 0.25) is 10.9 Å². The molecule has 1 unspecified atom stereocenters. The summed E-state index contributed by atoms with van der Waals surface area (Å²) < 4.78 is 1.83. The summed E-state index contributed by atoms with van der Waals surface area (Å²) in [4.78, 5) is 17.7. The highest BCUT2D eigenvalue weighted by atomic mass is 32.1. The van der Waals surface area contributed by atoms with E-state index in [1.165, 1.54) is 5.56 Å². The van der Waals surface area contributed by atoms with Gasteiger partial charge in [0, 0.05) is 25.9 Å². The van der Waals surface area contributed by atoms with Crippen LogP contribution >= 0.6 is 11.3 Å². The van der Waals surface area contributed by atoms with Gasteiger partial charge < -0.3 is 5.32 Å². The molecule has 1 aromatic carbocycles. The maximum Gasteiger partial charge on any atom is 0.234 e. The van der Waals surface area contributed by atoms with Gasteiger partial charge in [0.15, 0.2) is 5.82 Å². The van der Waals surface area contributed by atoms with Gasteiger partial charge >= 0.3 is 0 Å². The van der Waals surface area contributed by atoms with Gasteiger partial charge in [0.1, 0.15) is 5.01 Å². The lowest BCUT2D eigenvalue weighted by Gasteiger charge is -2.12. The topological polar surface area (TPSA) is 84.5 Å². The number of benzene rings is 1. The van der Waals surface area contributed by atoms with Crippen LogP contribution in [0.25, 0.3) is 4.96 Å². The highest BCUT2D eigenvalue weighted by Crippen LogP contribution is 2.18. The number of carbonyl (C=O) groups excluding carboxylic acids is 1. The molecule has 7 nitrogen and oxygen atoms in total. The number of rotatable bonds is 6. The van der Waals surface area contributed by atoms with Gasteiger partial charge in [-0.2, -0.15) is 9.61 Å². The number of nitrogens with one attached hydrogen (secondary N) is 1. The minimum atomic E-state index is -0.106. The van der Waals surface area contributed by atoms with Crippen molar-refractivity contribution in [3.8, 4) is 0 Å². The van der Waals surface area contributed by atoms with Gasteiger partial charge in [-0.25, -0.2) is 0 Å².